The molecule has 0 aliphatic heterocycles. The summed E-state index contributed by atoms with van der Waals surface area (Å²) in [5.74, 6) is -0.0834. The van der Waals surface area contributed by atoms with Gasteiger partial charge < -0.3 is 14.2 Å². The Kier molecular flexibility index (Phi) is 3.95. The second-order valence-corrected chi connectivity index (χ2v) is 6.47. The molecule has 0 aliphatic carbocycles. The fraction of sp³-hybridized carbons (Fsp3) is 0. The number of para-hydroxylation sites is 3. The summed E-state index contributed by atoms with van der Waals surface area (Å²) in [6.07, 6.45) is 0. The Hall–Kier alpha value is -4.19. The van der Waals surface area contributed by atoms with Gasteiger partial charge in [0.1, 0.15) is 5.58 Å². The van der Waals surface area contributed by atoms with Crippen LogP contribution in [-0.4, -0.2) is 10.9 Å². The van der Waals surface area contributed by atoms with Crippen molar-refractivity contribution in [2.24, 2.45) is 0 Å². The third-order valence-electron chi connectivity index (χ3n) is 4.59. The van der Waals surface area contributed by atoms with Crippen LogP contribution < -0.4 is 10.9 Å². The van der Waals surface area contributed by atoms with E-state index in [4.69, 9.17) is 8.83 Å². The van der Waals surface area contributed by atoms with Crippen LogP contribution in [-0.2, 0) is 0 Å². The molecular formula is C23H14N2O4. The Bertz CT molecular complexity index is 1400. The molecular weight excluding hydrogens is 368 g/mol. The molecule has 3 aromatic carbocycles. The Morgan fingerprint density at radius 1 is 0.862 bits per heavy atom. The van der Waals surface area contributed by atoms with Gasteiger partial charge in [-0.1, -0.05) is 42.5 Å². The molecule has 5 aromatic rings. The number of amides is 1. The van der Waals surface area contributed by atoms with Crippen LogP contribution in [0.5, 0.6) is 0 Å². The lowest BCUT2D eigenvalue weighted by Gasteiger charge is -2.09. The smallest absolute Gasteiger partial charge is 0.347 e. The summed E-state index contributed by atoms with van der Waals surface area (Å²) in [6.45, 7) is 0. The van der Waals surface area contributed by atoms with Crippen LogP contribution in [0.4, 0.5) is 5.69 Å². The fourth-order valence-electron chi connectivity index (χ4n) is 3.19. The van der Waals surface area contributed by atoms with Gasteiger partial charge in [0, 0.05) is 5.39 Å². The Morgan fingerprint density at radius 2 is 1.62 bits per heavy atom. The zero-order valence-electron chi connectivity index (χ0n) is 15.1. The van der Waals surface area contributed by atoms with E-state index in [1.807, 2.05) is 18.2 Å². The van der Waals surface area contributed by atoms with Crippen molar-refractivity contribution in [3.05, 3.63) is 95.0 Å². The Morgan fingerprint density at radius 3 is 2.52 bits per heavy atom. The zero-order chi connectivity index (χ0) is 19.8. The lowest BCUT2D eigenvalue weighted by Crippen LogP contribution is -2.12. The highest BCUT2D eigenvalue weighted by atomic mass is 16.4. The van der Waals surface area contributed by atoms with E-state index >= 15 is 0 Å². The number of carbonyl (C=O) groups excluding carboxylic acids is 1. The largest absolute Gasteiger partial charge is 0.451 e. The normalized spacial score (nSPS) is 11.0. The number of benzene rings is 3. The molecule has 6 heteroatoms. The van der Waals surface area contributed by atoms with Crippen molar-refractivity contribution in [1.82, 2.24) is 4.98 Å². The molecule has 0 spiro atoms. The van der Waals surface area contributed by atoms with Gasteiger partial charge in [-0.2, -0.15) is 0 Å². The van der Waals surface area contributed by atoms with Crippen molar-refractivity contribution in [2.75, 3.05) is 5.32 Å². The summed E-state index contributed by atoms with van der Waals surface area (Å²) in [6, 6.07) is 23.0. The highest BCUT2D eigenvalue weighted by Crippen LogP contribution is 2.28. The van der Waals surface area contributed by atoms with Crippen molar-refractivity contribution in [1.29, 1.82) is 0 Å². The first-order valence-electron chi connectivity index (χ1n) is 8.98. The monoisotopic (exact) mass is 382 g/mol. The van der Waals surface area contributed by atoms with E-state index in [1.165, 1.54) is 0 Å². The van der Waals surface area contributed by atoms with Crippen LogP contribution in [0, 0.1) is 0 Å². The second-order valence-electron chi connectivity index (χ2n) is 6.47. The summed E-state index contributed by atoms with van der Waals surface area (Å²) in [4.78, 5) is 29.5. The van der Waals surface area contributed by atoms with Gasteiger partial charge in [0.15, 0.2) is 5.76 Å². The molecule has 0 radical (unpaired) electrons. The van der Waals surface area contributed by atoms with E-state index in [0.29, 0.717) is 27.7 Å². The van der Waals surface area contributed by atoms with E-state index in [9.17, 15) is 9.59 Å². The van der Waals surface area contributed by atoms with Gasteiger partial charge >= 0.3 is 5.63 Å². The Balaban J connectivity index is 1.54. The van der Waals surface area contributed by atoms with Gasteiger partial charge in [-0.25, -0.2) is 9.78 Å². The number of hydrogen-bond acceptors (Lipinski definition) is 5. The molecule has 0 bridgehead atoms. The van der Waals surface area contributed by atoms with E-state index in [2.05, 4.69) is 10.3 Å². The number of furan rings is 1. The molecule has 0 saturated carbocycles. The van der Waals surface area contributed by atoms with E-state index in [-0.39, 0.29) is 11.7 Å². The highest BCUT2D eigenvalue weighted by molar-refractivity contribution is 6.06. The summed E-state index contributed by atoms with van der Waals surface area (Å²) >= 11 is 0. The maximum absolute atomic E-state index is 12.7. The zero-order valence-corrected chi connectivity index (χ0v) is 15.1. The van der Waals surface area contributed by atoms with Crippen LogP contribution in [0.1, 0.15) is 10.6 Å². The van der Waals surface area contributed by atoms with Gasteiger partial charge in [0.05, 0.1) is 22.2 Å². The molecule has 2 aromatic heterocycles. The van der Waals surface area contributed by atoms with Crippen molar-refractivity contribution in [3.63, 3.8) is 0 Å². The molecule has 2 heterocycles. The summed E-state index contributed by atoms with van der Waals surface area (Å²) in [5, 5.41) is 4.06. The number of hydrogen-bond donors (Lipinski definition) is 1. The minimum absolute atomic E-state index is 0.134. The maximum atomic E-state index is 12.7. The topological polar surface area (TPSA) is 85.3 Å². The van der Waals surface area contributed by atoms with E-state index in [1.54, 1.807) is 60.7 Å². The molecule has 5 rings (SSSR count). The van der Waals surface area contributed by atoms with E-state index < -0.39 is 11.5 Å². The van der Waals surface area contributed by atoms with Crippen LogP contribution in [0.2, 0.25) is 0 Å². The fourth-order valence-corrected chi connectivity index (χ4v) is 3.19. The number of carbonyl (C=O) groups is 1. The standard InChI is InChI=1S/C23H14N2O4/c26-21(20-13-14-7-1-6-12-19(14)28-20)24-17-10-4-2-8-15(17)22-25-18-11-5-3-9-16(18)23(27)29-22/h1-13H,(H,24,26). The van der Waals surface area contributed by atoms with Crippen molar-refractivity contribution in [3.8, 4) is 11.5 Å². The Labute approximate surface area is 164 Å². The molecule has 1 N–H and O–H groups in total. The molecule has 1 amide bonds. The average molecular weight is 382 g/mol. The summed E-state index contributed by atoms with van der Waals surface area (Å²) < 4.78 is 11.0. The van der Waals surface area contributed by atoms with Crippen LogP contribution in [0.3, 0.4) is 0 Å². The molecule has 0 fully saturated rings. The van der Waals surface area contributed by atoms with Gasteiger partial charge in [0.2, 0.25) is 5.89 Å². The average Bonchev–Trinajstić information content (AvgIpc) is 3.19. The van der Waals surface area contributed by atoms with Crippen LogP contribution in [0.15, 0.2) is 92.5 Å². The number of fused-ring (bicyclic) bond motifs is 2. The summed E-state index contributed by atoms with van der Waals surface area (Å²) in [5.41, 5.74) is 1.64. The minimum atomic E-state index is -0.482. The SMILES string of the molecule is O=C(Nc1ccccc1-c1nc2ccccc2c(=O)o1)c1cc2ccccc2o1. The lowest BCUT2D eigenvalue weighted by molar-refractivity contribution is 0.0999. The van der Waals surface area contributed by atoms with Crippen LogP contribution >= 0.6 is 0 Å². The summed E-state index contributed by atoms with van der Waals surface area (Å²) in [7, 11) is 0. The lowest BCUT2D eigenvalue weighted by atomic mass is 10.1. The van der Waals surface area contributed by atoms with Gasteiger partial charge in [-0.05, 0) is 36.4 Å². The molecule has 0 saturated heterocycles. The van der Waals surface area contributed by atoms with Gasteiger partial charge in [0.25, 0.3) is 5.91 Å². The maximum Gasteiger partial charge on any atom is 0.347 e. The molecule has 0 unspecified atom stereocenters. The molecule has 140 valence electrons. The molecule has 0 atom stereocenters. The quantitative estimate of drug-likeness (QED) is 0.482. The number of anilines is 1. The number of aromatic nitrogens is 1. The third kappa shape index (κ3) is 3.06. The number of rotatable bonds is 3. The number of nitrogens with one attached hydrogen (secondary N) is 1. The van der Waals surface area contributed by atoms with Gasteiger partial charge in [-0.3, -0.25) is 4.79 Å². The molecule has 29 heavy (non-hydrogen) atoms. The predicted octanol–water partition coefficient (Wildman–Crippen LogP) is 4.85. The van der Waals surface area contributed by atoms with Crippen LogP contribution in [0.25, 0.3) is 33.3 Å². The van der Waals surface area contributed by atoms with Crippen molar-refractivity contribution < 1.29 is 13.6 Å². The first-order valence-corrected chi connectivity index (χ1v) is 8.98. The molecule has 0 aliphatic rings. The first-order chi connectivity index (χ1) is 14.2. The molecule has 6 nitrogen and oxygen atoms in total. The predicted molar refractivity (Wildman–Crippen MR) is 110 cm³/mol. The minimum Gasteiger partial charge on any atom is -0.451 e. The van der Waals surface area contributed by atoms with Crippen molar-refractivity contribution >= 4 is 33.5 Å². The van der Waals surface area contributed by atoms with E-state index in [0.717, 1.165) is 5.39 Å². The second kappa shape index (κ2) is 6.76. The number of nitrogens with zero attached hydrogens (tertiary/aromatic N) is 1. The van der Waals surface area contributed by atoms with Gasteiger partial charge in [-0.15, -0.1) is 0 Å². The highest BCUT2D eigenvalue weighted by Gasteiger charge is 2.17. The third-order valence-corrected chi connectivity index (χ3v) is 4.59. The van der Waals surface area contributed by atoms with Crippen molar-refractivity contribution in [2.45, 2.75) is 0 Å². The first kappa shape index (κ1) is 16.9.